The van der Waals surface area contributed by atoms with E-state index in [1.807, 2.05) is 12.4 Å². The van der Waals surface area contributed by atoms with Gasteiger partial charge in [0.15, 0.2) is 0 Å². The number of piperazine rings is 1. The zero-order valence-corrected chi connectivity index (χ0v) is 13.2. The highest BCUT2D eigenvalue weighted by molar-refractivity contribution is 5.33. The van der Waals surface area contributed by atoms with Crippen molar-refractivity contribution < 1.29 is 9.50 Å². The third kappa shape index (κ3) is 3.76. The first-order valence-electron chi connectivity index (χ1n) is 7.91. The zero-order chi connectivity index (χ0) is 16.2. The van der Waals surface area contributed by atoms with Crippen LogP contribution >= 0.6 is 0 Å². The Bertz CT molecular complexity index is 654. The van der Waals surface area contributed by atoms with Crippen LogP contribution in [-0.4, -0.2) is 46.2 Å². The summed E-state index contributed by atoms with van der Waals surface area (Å²) in [5.74, 6) is 0.376. The second-order valence-corrected chi connectivity index (χ2v) is 5.78. The number of halogens is 1. The molecule has 0 bridgehead atoms. The van der Waals surface area contributed by atoms with E-state index in [0.29, 0.717) is 6.54 Å². The van der Waals surface area contributed by atoms with Gasteiger partial charge in [-0.15, -0.1) is 0 Å². The summed E-state index contributed by atoms with van der Waals surface area (Å²) in [6.07, 6.45) is 4.70. The lowest BCUT2D eigenvalue weighted by Crippen LogP contribution is -2.46. The summed E-state index contributed by atoms with van der Waals surface area (Å²) in [7, 11) is 0. The molecule has 1 aromatic carbocycles. The molecular formula is C17H21FN4O. The van der Waals surface area contributed by atoms with Gasteiger partial charge >= 0.3 is 0 Å². The predicted octanol–water partition coefficient (Wildman–Crippen LogP) is 2.21. The van der Waals surface area contributed by atoms with Crippen LogP contribution in [0.15, 0.2) is 30.6 Å². The highest BCUT2D eigenvalue weighted by atomic mass is 19.1. The van der Waals surface area contributed by atoms with Gasteiger partial charge in [-0.1, -0.05) is 13.0 Å². The highest BCUT2D eigenvalue weighted by Crippen LogP contribution is 2.21. The number of aromatic nitrogens is 2. The van der Waals surface area contributed by atoms with E-state index in [0.717, 1.165) is 55.7 Å². The number of hydrogen-bond acceptors (Lipinski definition) is 5. The van der Waals surface area contributed by atoms with Gasteiger partial charge in [0, 0.05) is 56.7 Å². The minimum atomic E-state index is -0.413. The van der Waals surface area contributed by atoms with Gasteiger partial charge in [0.2, 0.25) is 5.95 Å². The molecule has 5 nitrogen and oxygen atoms in total. The van der Waals surface area contributed by atoms with Crippen LogP contribution in [0.5, 0.6) is 5.75 Å². The van der Waals surface area contributed by atoms with Gasteiger partial charge in [-0.25, -0.2) is 14.4 Å². The topological polar surface area (TPSA) is 52.5 Å². The first-order chi connectivity index (χ1) is 11.2. The Morgan fingerprint density at radius 3 is 2.43 bits per heavy atom. The van der Waals surface area contributed by atoms with Crippen molar-refractivity contribution in [2.45, 2.75) is 19.9 Å². The van der Waals surface area contributed by atoms with Crippen LogP contribution in [0.1, 0.15) is 18.1 Å². The van der Waals surface area contributed by atoms with E-state index >= 15 is 0 Å². The third-order valence-electron chi connectivity index (χ3n) is 4.20. The number of hydrogen-bond donors (Lipinski definition) is 1. The number of phenolic OH excluding ortho intramolecular Hbond substituents is 1. The predicted molar refractivity (Wildman–Crippen MR) is 87.0 cm³/mol. The molecule has 0 unspecified atom stereocenters. The number of benzene rings is 1. The molecule has 2 aromatic rings. The lowest BCUT2D eigenvalue weighted by Gasteiger charge is -2.34. The van der Waals surface area contributed by atoms with E-state index in [-0.39, 0.29) is 5.75 Å². The molecule has 2 heterocycles. The number of rotatable bonds is 4. The monoisotopic (exact) mass is 316 g/mol. The van der Waals surface area contributed by atoms with Crippen LogP contribution in [-0.2, 0) is 13.0 Å². The van der Waals surface area contributed by atoms with E-state index in [1.54, 1.807) is 6.07 Å². The van der Waals surface area contributed by atoms with Gasteiger partial charge in [-0.05, 0) is 18.1 Å². The molecule has 6 heteroatoms. The van der Waals surface area contributed by atoms with Crippen molar-refractivity contribution in [3.8, 4) is 5.75 Å². The smallest absolute Gasteiger partial charge is 0.225 e. The lowest BCUT2D eigenvalue weighted by molar-refractivity contribution is 0.245. The Hall–Kier alpha value is -2.21. The fraction of sp³-hybridized carbons (Fsp3) is 0.412. The third-order valence-corrected chi connectivity index (χ3v) is 4.20. The Balaban J connectivity index is 1.57. The van der Waals surface area contributed by atoms with Gasteiger partial charge < -0.3 is 10.0 Å². The average molecular weight is 316 g/mol. The molecule has 0 atom stereocenters. The van der Waals surface area contributed by atoms with Gasteiger partial charge in [0.05, 0.1) is 0 Å². The molecule has 1 N–H and O–H groups in total. The van der Waals surface area contributed by atoms with E-state index in [4.69, 9.17) is 0 Å². The minimum Gasteiger partial charge on any atom is -0.508 e. The van der Waals surface area contributed by atoms with Gasteiger partial charge in [0.25, 0.3) is 0 Å². The second kappa shape index (κ2) is 6.91. The van der Waals surface area contributed by atoms with Crippen molar-refractivity contribution in [1.29, 1.82) is 0 Å². The van der Waals surface area contributed by atoms with Gasteiger partial charge in [-0.2, -0.15) is 0 Å². The zero-order valence-electron chi connectivity index (χ0n) is 13.2. The number of nitrogens with zero attached hydrogens (tertiary/aromatic N) is 4. The molecule has 0 aliphatic carbocycles. The van der Waals surface area contributed by atoms with E-state index in [1.165, 1.54) is 6.07 Å². The molecule has 23 heavy (non-hydrogen) atoms. The van der Waals surface area contributed by atoms with Crippen LogP contribution in [0, 0.1) is 5.82 Å². The fourth-order valence-corrected chi connectivity index (χ4v) is 2.71. The molecule has 1 aliphatic rings. The van der Waals surface area contributed by atoms with E-state index < -0.39 is 5.82 Å². The summed E-state index contributed by atoms with van der Waals surface area (Å²) in [4.78, 5) is 13.2. The van der Waals surface area contributed by atoms with Gasteiger partial charge in [0.1, 0.15) is 11.6 Å². The molecule has 0 spiro atoms. The molecule has 1 aromatic heterocycles. The average Bonchev–Trinajstić information content (AvgIpc) is 2.58. The first-order valence-corrected chi connectivity index (χ1v) is 7.91. The normalized spacial score (nSPS) is 15.8. The van der Waals surface area contributed by atoms with Crippen molar-refractivity contribution in [2.75, 3.05) is 31.1 Å². The summed E-state index contributed by atoms with van der Waals surface area (Å²) in [6.45, 7) is 6.10. The molecule has 0 saturated carbocycles. The van der Waals surface area contributed by atoms with Crippen molar-refractivity contribution in [1.82, 2.24) is 14.9 Å². The second-order valence-electron chi connectivity index (χ2n) is 5.78. The summed E-state index contributed by atoms with van der Waals surface area (Å²) < 4.78 is 13.0. The Morgan fingerprint density at radius 1 is 1.13 bits per heavy atom. The number of anilines is 1. The largest absolute Gasteiger partial charge is 0.508 e. The molecule has 1 aliphatic heterocycles. The standard InChI is InChI=1S/C17H21FN4O/c1-2-13-10-19-17(20-11-13)22-7-5-21(6-8-22)12-14-3-4-15(18)9-16(14)23/h3-4,9-11,23H,2,5-8,12H2,1H3. The number of aromatic hydroxyl groups is 1. The molecular weight excluding hydrogens is 295 g/mol. The summed E-state index contributed by atoms with van der Waals surface area (Å²) >= 11 is 0. The molecule has 122 valence electrons. The van der Waals surface area contributed by atoms with Crippen molar-refractivity contribution in [3.63, 3.8) is 0 Å². The molecule has 3 rings (SSSR count). The van der Waals surface area contributed by atoms with Crippen LogP contribution in [0.2, 0.25) is 0 Å². The maximum atomic E-state index is 13.0. The van der Waals surface area contributed by atoms with Crippen LogP contribution in [0.3, 0.4) is 0 Å². The molecule has 1 fully saturated rings. The fourth-order valence-electron chi connectivity index (χ4n) is 2.71. The van der Waals surface area contributed by atoms with E-state index in [2.05, 4.69) is 26.7 Å². The van der Waals surface area contributed by atoms with Crippen LogP contribution in [0.4, 0.5) is 10.3 Å². The summed E-state index contributed by atoms with van der Waals surface area (Å²) in [6, 6.07) is 4.19. The van der Waals surface area contributed by atoms with Crippen molar-refractivity contribution >= 4 is 5.95 Å². The first kappa shape index (κ1) is 15.7. The Labute approximate surface area is 135 Å². The minimum absolute atomic E-state index is 0.0194. The van der Waals surface area contributed by atoms with Crippen LogP contribution < -0.4 is 4.90 Å². The number of aryl methyl sites for hydroxylation is 1. The summed E-state index contributed by atoms with van der Waals surface area (Å²) in [5.41, 5.74) is 1.89. The summed E-state index contributed by atoms with van der Waals surface area (Å²) in [5, 5.41) is 9.80. The Kier molecular flexibility index (Phi) is 4.71. The molecule has 0 amide bonds. The van der Waals surface area contributed by atoms with Crippen molar-refractivity contribution in [2.24, 2.45) is 0 Å². The quantitative estimate of drug-likeness (QED) is 0.937. The lowest BCUT2D eigenvalue weighted by atomic mass is 10.1. The Morgan fingerprint density at radius 2 is 1.83 bits per heavy atom. The highest BCUT2D eigenvalue weighted by Gasteiger charge is 2.19. The maximum absolute atomic E-state index is 13.0. The van der Waals surface area contributed by atoms with Crippen molar-refractivity contribution in [3.05, 3.63) is 47.5 Å². The SMILES string of the molecule is CCc1cnc(N2CCN(Cc3ccc(F)cc3O)CC2)nc1. The van der Waals surface area contributed by atoms with Gasteiger partial charge in [-0.3, -0.25) is 4.90 Å². The van der Waals surface area contributed by atoms with Crippen LogP contribution in [0.25, 0.3) is 0 Å². The number of phenols is 1. The molecule has 0 radical (unpaired) electrons. The van der Waals surface area contributed by atoms with E-state index in [9.17, 15) is 9.50 Å². The molecule has 1 saturated heterocycles. The maximum Gasteiger partial charge on any atom is 0.225 e.